The van der Waals surface area contributed by atoms with Crippen LogP contribution >= 0.6 is 15.9 Å². The summed E-state index contributed by atoms with van der Waals surface area (Å²) in [7, 11) is 0. The Labute approximate surface area is 96.3 Å². The summed E-state index contributed by atoms with van der Waals surface area (Å²) in [6.07, 6.45) is 6.12. The van der Waals surface area contributed by atoms with Crippen molar-refractivity contribution in [1.82, 2.24) is 14.8 Å². The number of rotatable bonds is 3. The quantitative estimate of drug-likeness (QED) is 0.923. The second kappa shape index (κ2) is 4.44. The molecule has 0 saturated carbocycles. The molecule has 0 radical (unpaired) electrons. The van der Waals surface area contributed by atoms with E-state index in [0.29, 0.717) is 5.69 Å². The van der Waals surface area contributed by atoms with Crippen LogP contribution < -0.4 is 5.73 Å². The number of halogens is 1. The van der Waals surface area contributed by atoms with E-state index in [2.05, 4.69) is 26.0 Å². The van der Waals surface area contributed by atoms with Crippen molar-refractivity contribution >= 4 is 21.6 Å². The summed E-state index contributed by atoms with van der Waals surface area (Å²) in [5.74, 6) is 0. The van der Waals surface area contributed by atoms with Crippen LogP contribution in [0, 0.1) is 0 Å². The van der Waals surface area contributed by atoms with Gasteiger partial charge in [0, 0.05) is 35.5 Å². The molecule has 0 aliphatic heterocycles. The molecule has 0 unspecified atom stereocenters. The molecular weight excluding hydrogens is 256 g/mol. The SMILES string of the molecule is Nc1cnn(CCc2ccc(Br)cn2)c1. The molecule has 15 heavy (non-hydrogen) atoms. The molecule has 2 aromatic heterocycles. The highest BCUT2D eigenvalue weighted by molar-refractivity contribution is 9.10. The Kier molecular flexibility index (Phi) is 3.01. The van der Waals surface area contributed by atoms with Crippen molar-refractivity contribution in [2.24, 2.45) is 0 Å². The monoisotopic (exact) mass is 266 g/mol. The lowest BCUT2D eigenvalue weighted by Crippen LogP contribution is -2.02. The zero-order valence-electron chi connectivity index (χ0n) is 8.10. The lowest BCUT2D eigenvalue weighted by atomic mass is 10.3. The predicted octanol–water partition coefficient (Wildman–Crippen LogP) is 1.87. The Morgan fingerprint density at radius 2 is 2.20 bits per heavy atom. The molecule has 0 atom stereocenters. The van der Waals surface area contributed by atoms with Crippen LogP contribution in [0.15, 0.2) is 35.2 Å². The van der Waals surface area contributed by atoms with Gasteiger partial charge in [0.05, 0.1) is 11.9 Å². The minimum atomic E-state index is 0.693. The molecule has 0 bridgehead atoms. The predicted molar refractivity (Wildman–Crippen MR) is 62.3 cm³/mol. The molecule has 2 rings (SSSR count). The fraction of sp³-hybridized carbons (Fsp3) is 0.200. The standard InChI is InChI=1S/C10H11BrN4/c11-8-1-2-10(13-5-8)3-4-15-7-9(12)6-14-15/h1-2,5-7H,3-4,12H2. The van der Waals surface area contributed by atoms with Gasteiger partial charge in [0.2, 0.25) is 0 Å². The van der Waals surface area contributed by atoms with E-state index >= 15 is 0 Å². The molecule has 0 spiro atoms. The smallest absolute Gasteiger partial charge is 0.0719 e. The molecule has 0 aromatic carbocycles. The van der Waals surface area contributed by atoms with E-state index in [-0.39, 0.29) is 0 Å². The Morgan fingerprint density at radius 3 is 2.80 bits per heavy atom. The molecule has 78 valence electrons. The second-order valence-electron chi connectivity index (χ2n) is 3.25. The van der Waals surface area contributed by atoms with Crippen LogP contribution in [0.3, 0.4) is 0 Å². The van der Waals surface area contributed by atoms with Crippen molar-refractivity contribution in [3.8, 4) is 0 Å². The highest BCUT2D eigenvalue weighted by atomic mass is 79.9. The van der Waals surface area contributed by atoms with Gasteiger partial charge in [-0.2, -0.15) is 5.10 Å². The average Bonchev–Trinajstić information content (AvgIpc) is 2.64. The van der Waals surface area contributed by atoms with E-state index < -0.39 is 0 Å². The maximum absolute atomic E-state index is 5.56. The van der Waals surface area contributed by atoms with Crippen LogP contribution in [0.1, 0.15) is 5.69 Å². The van der Waals surface area contributed by atoms with Crippen LogP contribution in [0.2, 0.25) is 0 Å². The number of aryl methyl sites for hydroxylation is 2. The maximum Gasteiger partial charge on any atom is 0.0719 e. The third kappa shape index (κ3) is 2.79. The number of nitrogens with two attached hydrogens (primary N) is 1. The Balaban J connectivity index is 1.96. The molecule has 5 heteroatoms. The van der Waals surface area contributed by atoms with Crippen LogP contribution in [0.25, 0.3) is 0 Å². The van der Waals surface area contributed by atoms with E-state index in [1.54, 1.807) is 12.4 Å². The Hall–Kier alpha value is -1.36. The van der Waals surface area contributed by atoms with Gasteiger partial charge in [-0.3, -0.25) is 9.67 Å². The Morgan fingerprint density at radius 1 is 1.33 bits per heavy atom. The van der Waals surface area contributed by atoms with Crippen molar-refractivity contribution in [3.05, 3.63) is 40.9 Å². The van der Waals surface area contributed by atoms with E-state index in [1.165, 1.54) is 0 Å². The van der Waals surface area contributed by atoms with Crippen LogP contribution in [-0.2, 0) is 13.0 Å². The average molecular weight is 267 g/mol. The molecule has 2 heterocycles. The van der Waals surface area contributed by atoms with Gasteiger partial charge in [-0.05, 0) is 28.1 Å². The summed E-state index contributed by atoms with van der Waals surface area (Å²) in [5, 5.41) is 4.10. The third-order valence-corrected chi connectivity index (χ3v) is 2.51. The third-order valence-electron chi connectivity index (χ3n) is 2.04. The zero-order chi connectivity index (χ0) is 10.7. The number of pyridine rings is 1. The molecule has 0 fully saturated rings. The number of nitrogens with zero attached hydrogens (tertiary/aromatic N) is 3. The van der Waals surface area contributed by atoms with Crippen molar-refractivity contribution < 1.29 is 0 Å². The normalized spacial score (nSPS) is 10.5. The highest BCUT2D eigenvalue weighted by Crippen LogP contribution is 2.08. The van der Waals surface area contributed by atoms with Gasteiger partial charge < -0.3 is 5.73 Å². The summed E-state index contributed by atoms with van der Waals surface area (Å²) in [4.78, 5) is 4.28. The number of hydrogen-bond acceptors (Lipinski definition) is 3. The minimum absolute atomic E-state index is 0.693. The lowest BCUT2D eigenvalue weighted by molar-refractivity contribution is 0.608. The molecule has 4 nitrogen and oxygen atoms in total. The lowest BCUT2D eigenvalue weighted by Gasteiger charge is -2.01. The number of anilines is 1. The first-order valence-electron chi connectivity index (χ1n) is 4.62. The summed E-state index contributed by atoms with van der Waals surface area (Å²) in [6.45, 7) is 0.797. The van der Waals surface area contributed by atoms with E-state index in [9.17, 15) is 0 Å². The molecule has 0 saturated heterocycles. The van der Waals surface area contributed by atoms with Gasteiger partial charge in [-0.15, -0.1) is 0 Å². The van der Waals surface area contributed by atoms with Gasteiger partial charge in [-0.25, -0.2) is 0 Å². The van der Waals surface area contributed by atoms with Crippen molar-refractivity contribution in [2.75, 3.05) is 5.73 Å². The number of aromatic nitrogens is 3. The summed E-state index contributed by atoms with van der Waals surface area (Å²) in [5.41, 5.74) is 7.30. The van der Waals surface area contributed by atoms with Crippen molar-refractivity contribution in [2.45, 2.75) is 13.0 Å². The maximum atomic E-state index is 5.56. The first-order chi connectivity index (χ1) is 7.24. The van der Waals surface area contributed by atoms with Gasteiger partial charge in [0.1, 0.15) is 0 Å². The topological polar surface area (TPSA) is 56.7 Å². The molecule has 2 N–H and O–H groups in total. The van der Waals surface area contributed by atoms with Crippen molar-refractivity contribution in [1.29, 1.82) is 0 Å². The van der Waals surface area contributed by atoms with Gasteiger partial charge in [0.15, 0.2) is 0 Å². The summed E-state index contributed by atoms with van der Waals surface area (Å²) >= 11 is 3.35. The highest BCUT2D eigenvalue weighted by Gasteiger charge is 1.97. The van der Waals surface area contributed by atoms with Gasteiger partial charge in [-0.1, -0.05) is 0 Å². The minimum Gasteiger partial charge on any atom is -0.396 e. The molecule has 0 amide bonds. The van der Waals surface area contributed by atoms with Crippen LogP contribution in [0.5, 0.6) is 0 Å². The van der Waals surface area contributed by atoms with Crippen molar-refractivity contribution in [3.63, 3.8) is 0 Å². The summed E-state index contributed by atoms with van der Waals surface area (Å²) in [6, 6.07) is 3.98. The van der Waals surface area contributed by atoms with E-state index in [0.717, 1.165) is 23.1 Å². The van der Waals surface area contributed by atoms with Gasteiger partial charge in [0.25, 0.3) is 0 Å². The summed E-state index contributed by atoms with van der Waals surface area (Å²) < 4.78 is 2.81. The Bertz CT molecular complexity index is 435. The molecular formula is C10H11BrN4. The fourth-order valence-electron chi connectivity index (χ4n) is 1.29. The largest absolute Gasteiger partial charge is 0.396 e. The van der Waals surface area contributed by atoms with E-state index in [1.807, 2.05) is 23.0 Å². The van der Waals surface area contributed by atoms with Crippen LogP contribution in [0.4, 0.5) is 5.69 Å². The molecule has 2 aromatic rings. The first kappa shape index (κ1) is 10.2. The van der Waals surface area contributed by atoms with Crippen LogP contribution in [-0.4, -0.2) is 14.8 Å². The molecule has 0 aliphatic rings. The molecule has 0 aliphatic carbocycles. The number of hydrogen-bond donors (Lipinski definition) is 1. The first-order valence-corrected chi connectivity index (χ1v) is 5.42. The zero-order valence-corrected chi connectivity index (χ0v) is 9.68. The number of nitrogen functional groups attached to an aromatic ring is 1. The van der Waals surface area contributed by atoms with Gasteiger partial charge >= 0.3 is 0 Å². The second-order valence-corrected chi connectivity index (χ2v) is 4.17. The fourth-order valence-corrected chi connectivity index (χ4v) is 1.52. The van der Waals surface area contributed by atoms with E-state index in [4.69, 9.17) is 5.73 Å².